The summed E-state index contributed by atoms with van der Waals surface area (Å²) in [4.78, 5) is 4.12. The largest absolute Gasteiger partial charge is 0.350 e. The van der Waals surface area contributed by atoms with Crippen LogP contribution in [0.1, 0.15) is 39.5 Å². The fourth-order valence-electron chi connectivity index (χ4n) is 0.761. The highest BCUT2D eigenvalue weighted by Gasteiger charge is 2.05. The lowest BCUT2D eigenvalue weighted by Gasteiger charge is -2.12. The third-order valence-corrected chi connectivity index (χ3v) is 1.44. The summed E-state index contributed by atoms with van der Waals surface area (Å²) in [7, 11) is 0. The molecular weight excluding hydrogens is 144 g/mol. The highest BCUT2D eigenvalue weighted by atomic mass is 17.1. The molecular formula is C8H18O3. The van der Waals surface area contributed by atoms with Gasteiger partial charge in [-0.1, -0.05) is 26.7 Å². The molecule has 0 bridgehead atoms. The molecule has 0 spiro atoms. The number of ether oxygens (including phenoxy) is 1. The second-order valence-electron chi connectivity index (χ2n) is 2.55. The third-order valence-electron chi connectivity index (χ3n) is 1.44. The van der Waals surface area contributed by atoms with E-state index < -0.39 is 6.29 Å². The molecule has 0 aliphatic heterocycles. The van der Waals surface area contributed by atoms with E-state index in [1.54, 1.807) is 0 Å². The lowest BCUT2D eigenvalue weighted by molar-refractivity contribution is -0.347. The highest BCUT2D eigenvalue weighted by Crippen LogP contribution is 2.03. The summed E-state index contributed by atoms with van der Waals surface area (Å²) in [5.74, 6) is 0. The van der Waals surface area contributed by atoms with Crippen molar-refractivity contribution in [2.24, 2.45) is 0 Å². The third kappa shape index (κ3) is 6.28. The van der Waals surface area contributed by atoms with E-state index in [4.69, 9.17) is 9.99 Å². The van der Waals surface area contributed by atoms with Crippen molar-refractivity contribution in [3.8, 4) is 0 Å². The van der Waals surface area contributed by atoms with Crippen LogP contribution in [0.2, 0.25) is 0 Å². The Bertz CT molecular complexity index is 75.7. The van der Waals surface area contributed by atoms with E-state index in [2.05, 4.69) is 11.8 Å². The van der Waals surface area contributed by atoms with Gasteiger partial charge in [0.25, 0.3) is 0 Å². The van der Waals surface area contributed by atoms with E-state index in [0.29, 0.717) is 6.61 Å². The molecule has 11 heavy (non-hydrogen) atoms. The van der Waals surface area contributed by atoms with Crippen LogP contribution in [0.25, 0.3) is 0 Å². The molecule has 0 saturated heterocycles. The van der Waals surface area contributed by atoms with Gasteiger partial charge in [-0.25, -0.2) is 10.1 Å². The van der Waals surface area contributed by atoms with Gasteiger partial charge in [0.05, 0.1) is 0 Å². The molecule has 0 aromatic carbocycles. The Kier molecular flexibility index (Phi) is 7.89. The maximum absolute atomic E-state index is 8.33. The molecule has 1 N–H and O–H groups in total. The maximum atomic E-state index is 8.33. The van der Waals surface area contributed by atoms with Crippen molar-refractivity contribution in [2.45, 2.75) is 45.8 Å². The summed E-state index contributed by atoms with van der Waals surface area (Å²) in [6.45, 7) is 4.79. The number of hydrogen-bond acceptors (Lipinski definition) is 3. The Morgan fingerprint density at radius 2 is 2.00 bits per heavy atom. The normalized spacial score (nSPS) is 13.4. The number of rotatable bonds is 7. The van der Waals surface area contributed by atoms with Crippen LogP contribution < -0.4 is 0 Å². The monoisotopic (exact) mass is 162 g/mol. The van der Waals surface area contributed by atoms with Gasteiger partial charge in [-0.05, 0) is 6.42 Å². The Balaban J connectivity index is 3.20. The molecule has 0 saturated carbocycles. The van der Waals surface area contributed by atoms with E-state index in [9.17, 15) is 0 Å². The van der Waals surface area contributed by atoms with Crippen molar-refractivity contribution in [3.63, 3.8) is 0 Å². The first-order valence-electron chi connectivity index (χ1n) is 4.27. The predicted molar refractivity (Wildman–Crippen MR) is 43.3 cm³/mol. The molecule has 0 aliphatic rings. The zero-order chi connectivity index (χ0) is 8.53. The van der Waals surface area contributed by atoms with Gasteiger partial charge in [-0.3, -0.25) is 0 Å². The standard InChI is InChI=1S/C8H18O3/c1-3-5-7-10-8(11-9)6-4-2/h8-9H,3-7H2,1-2H3/t8-/m0/s1. The van der Waals surface area contributed by atoms with E-state index in [-0.39, 0.29) is 0 Å². The highest BCUT2D eigenvalue weighted by molar-refractivity contribution is 4.41. The molecule has 0 aromatic heterocycles. The van der Waals surface area contributed by atoms with Crippen molar-refractivity contribution in [1.82, 2.24) is 0 Å². The molecule has 0 fully saturated rings. The van der Waals surface area contributed by atoms with Crippen LogP contribution in [-0.2, 0) is 9.62 Å². The fraction of sp³-hybridized carbons (Fsp3) is 1.00. The molecule has 0 amide bonds. The lowest BCUT2D eigenvalue weighted by Crippen LogP contribution is -2.15. The molecule has 0 heterocycles. The van der Waals surface area contributed by atoms with Crippen LogP contribution in [0.5, 0.6) is 0 Å². The lowest BCUT2D eigenvalue weighted by atomic mass is 10.3. The van der Waals surface area contributed by atoms with Gasteiger partial charge >= 0.3 is 0 Å². The summed E-state index contributed by atoms with van der Waals surface area (Å²) in [5.41, 5.74) is 0. The molecule has 1 atom stereocenters. The summed E-state index contributed by atoms with van der Waals surface area (Å²) in [6, 6.07) is 0. The Hall–Kier alpha value is -0.120. The quantitative estimate of drug-likeness (QED) is 0.270. The van der Waals surface area contributed by atoms with E-state index in [1.165, 1.54) is 0 Å². The molecule has 68 valence electrons. The smallest absolute Gasteiger partial charge is 0.190 e. The zero-order valence-corrected chi connectivity index (χ0v) is 7.38. The van der Waals surface area contributed by atoms with Crippen LogP contribution in [0, 0.1) is 0 Å². The van der Waals surface area contributed by atoms with Crippen molar-refractivity contribution in [2.75, 3.05) is 6.61 Å². The first kappa shape index (κ1) is 10.9. The molecule has 0 unspecified atom stereocenters. The Morgan fingerprint density at radius 1 is 1.27 bits per heavy atom. The molecule has 0 rings (SSSR count). The summed E-state index contributed by atoms with van der Waals surface area (Å²) in [5, 5.41) is 8.33. The van der Waals surface area contributed by atoms with Crippen LogP contribution in [0.4, 0.5) is 0 Å². The van der Waals surface area contributed by atoms with Crippen LogP contribution in [-0.4, -0.2) is 18.2 Å². The van der Waals surface area contributed by atoms with Gasteiger partial charge in [-0.2, -0.15) is 0 Å². The average Bonchev–Trinajstić information content (AvgIpc) is 2.03. The average molecular weight is 162 g/mol. The Morgan fingerprint density at radius 3 is 2.45 bits per heavy atom. The topological polar surface area (TPSA) is 38.7 Å². The molecule has 3 heteroatoms. The SMILES string of the molecule is CCCCO[C@H](CCC)OO. The van der Waals surface area contributed by atoms with Crippen molar-refractivity contribution < 1.29 is 14.9 Å². The Labute approximate surface area is 68.2 Å². The molecule has 3 nitrogen and oxygen atoms in total. The molecule has 0 aromatic rings. The zero-order valence-electron chi connectivity index (χ0n) is 7.38. The molecule has 0 radical (unpaired) electrons. The van der Waals surface area contributed by atoms with Crippen LogP contribution in [0.15, 0.2) is 0 Å². The van der Waals surface area contributed by atoms with Gasteiger partial charge in [0.2, 0.25) is 0 Å². The van der Waals surface area contributed by atoms with E-state index in [0.717, 1.165) is 25.7 Å². The maximum Gasteiger partial charge on any atom is 0.190 e. The first-order chi connectivity index (χ1) is 5.35. The summed E-state index contributed by atoms with van der Waals surface area (Å²) in [6.07, 6.45) is 3.40. The van der Waals surface area contributed by atoms with Crippen LogP contribution >= 0.6 is 0 Å². The number of hydrogen-bond donors (Lipinski definition) is 1. The van der Waals surface area contributed by atoms with Gasteiger partial charge in [0, 0.05) is 13.0 Å². The minimum atomic E-state index is -0.424. The fourth-order valence-corrected chi connectivity index (χ4v) is 0.761. The summed E-state index contributed by atoms with van der Waals surface area (Å²) < 4.78 is 5.20. The minimum Gasteiger partial charge on any atom is -0.350 e. The van der Waals surface area contributed by atoms with Gasteiger partial charge < -0.3 is 4.74 Å². The molecule has 0 aliphatic carbocycles. The van der Waals surface area contributed by atoms with Gasteiger partial charge in [0.15, 0.2) is 6.29 Å². The van der Waals surface area contributed by atoms with Gasteiger partial charge in [-0.15, -0.1) is 0 Å². The van der Waals surface area contributed by atoms with E-state index >= 15 is 0 Å². The predicted octanol–water partition coefficient (Wildman–Crippen LogP) is 2.42. The number of unbranched alkanes of at least 4 members (excludes halogenated alkanes) is 1. The van der Waals surface area contributed by atoms with Crippen molar-refractivity contribution in [1.29, 1.82) is 0 Å². The minimum absolute atomic E-state index is 0.424. The van der Waals surface area contributed by atoms with Crippen molar-refractivity contribution in [3.05, 3.63) is 0 Å². The van der Waals surface area contributed by atoms with Crippen LogP contribution in [0.3, 0.4) is 0 Å². The second kappa shape index (κ2) is 7.98. The summed E-state index contributed by atoms with van der Waals surface area (Å²) >= 11 is 0. The van der Waals surface area contributed by atoms with Crippen molar-refractivity contribution >= 4 is 0 Å². The first-order valence-corrected chi connectivity index (χ1v) is 4.27. The van der Waals surface area contributed by atoms with Gasteiger partial charge in [0.1, 0.15) is 0 Å². The second-order valence-corrected chi connectivity index (χ2v) is 2.55. The van der Waals surface area contributed by atoms with E-state index in [1.807, 2.05) is 6.92 Å².